The first-order valence-electron chi connectivity index (χ1n) is 6.53. The monoisotopic (exact) mass is 345 g/mol. The summed E-state index contributed by atoms with van der Waals surface area (Å²) in [5.41, 5.74) is -0.596. The lowest BCUT2D eigenvalue weighted by atomic mass is 10.2. The fourth-order valence-corrected chi connectivity index (χ4v) is 3.18. The van der Waals surface area contributed by atoms with Crippen molar-refractivity contribution < 1.29 is 26.3 Å². The fourth-order valence-electron chi connectivity index (χ4n) is 1.93. The summed E-state index contributed by atoms with van der Waals surface area (Å²) in [5, 5.41) is 0. The lowest BCUT2D eigenvalue weighted by Crippen LogP contribution is -2.26. The number of benzene rings is 2. The molecule has 2 aromatic rings. The van der Waals surface area contributed by atoms with Gasteiger partial charge in [-0.05, 0) is 29.8 Å². The first kappa shape index (κ1) is 17.3. The van der Waals surface area contributed by atoms with Gasteiger partial charge in [-0.15, -0.1) is 0 Å². The van der Waals surface area contributed by atoms with Gasteiger partial charge in [-0.25, -0.2) is 13.1 Å². The summed E-state index contributed by atoms with van der Waals surface area (Å²) in [4.78, 5) is -0.791. The average Bonchev–Trinajstić information content (AvgIpc) is 2.53. The average molecular weight is 345 g/mol. The fraction of sp³-hybridized carbons (Fsp3) is 0.200. The van der Waals surface area contributed by atoms with Crippen molar-refractivity contribution in [2.75, 3.05) is 7.11 Å². The zero-order valence-electron chi connectivity index (χ0n) is 12.1. The number of hydrogen-bond donors (Lipinski definition) is 1. The summed E-state index contributed by atoms with van der Waals surface area (Å²) in [5.74, 6) is 0.596. The van der Waals surface area contributed by atoms with Crippen LogP contribution in [0.2, 0.25) is 0 Å². The van der Waals surface area contributed by atoms with Crippen molar-refractivity contribution in [3.8, 4) is 5.75 Å². The quantitative estimate of drug-likeness (QED) is 0.905. The Kier molecular flexibility index (Phi) is 4.96. The van der Waals surface area contributed by atoms with E-state index in [2.05, 4.69) is 4.72 Å². The van der Waals surface area contributed by atoms with Gasteiger partial charge in [0.1, 0.15) is 5.75 Å². The lowest BCUT2D eigenvalue weighted by molar-refractivity contribution is -0.139. The molecule has 0 bridgehead atoms. The molecule has 0 aromatic heterocycles. The number of methoxy groups -OCH3 is 1. The van der Waals surface area contributed by atoms with Crippen molar-refractivity contribution in [3.05, 3.63) is 59.7 Å². The SMILES string of the molecule is COc1ccc(CNS(=O)(=O)c2ccccc2C(F)(F)F)cc1. The van der Waals surface area contributed by atoms with Gasteiger partial charge >= 0.3 is 6.18 Å². The van der Waals surface area contributed by atoms with Gasteiger partial charge in [0.2, 0.25) is 10.0 Å². The van der Waals surface area contributed by atoms with Crippen LogP contribution in [-0.2, 0) is 22.7 Å². The maximum Gasteiger partial charge on any atom is 0.417 e. The minimum atomic E-state index is -4.74. The van der Waals surface area contributed by atoms with Crippen LogP contribution < -0.4 is 9.46 Å². The second kappa shape index (κ2) is 6.59. The topological polar surface area (TPSA) is 55.4 Å². The highest BCUT2D eigenvalue weighted by molar-refractivity contribution is 7.89. The number of halogens is 3. The minimum Gasteiger partial charge on any atom is -0.497 e. The van der Waals surface area contributed by atoms with E-state index in [4.69, 9.17) is 4.74 Å². The molecule has 0 amide bonds. The van der Waals surface area contributed by atoms with Crippen molar-refractivity contribution >= 4 is 10.0 Å². The van der Waals surface area contributed by atoms with Crippen LogP contribution in [0.1, 0.15) is 11.1 Å². The molecule has 23 heavy (non-hydrogen) atoms. The number of sulfonamides is 1. The van der Waals surface area contributed by atoms with E-state index in [1.54, 1.807) is 24.3 Å². The van der Waals surface area contributed by atoms with Gasteiger partial charge in [-0.2, -0.15) is 13.2 Å². The van der Waals surface area contributed by atoms with E-state index >= 15 is 0 Å². The first-order chi connectivity index (χ1) is 10.7. The molecule has 0 unspecified atom stereocenters. The van der Waals surface area contributed by atoms with Gasteiger partial charge in [-0.1, -0.05) is 24.3 Å². The molecule has 0 aliphatic heterocycles. The molecule has 0 aliphatic carbocycles. The molecular formula is C15H14F3NO3S. The van der Waals surface area contributed by atoms with E-state index in [9.17, 15) is 21.6 Å². The van der Waals surface area contributed by atoms with Crippen molar-refractivity contribution in [2.45, 2.75) is 17.6 Å². The standard InChI is InChI=1S/C15H14F3NO3S/c1-22-12-8-6-11(7-9-12)10-19-23(20,21)14-5-3-2-4-13(14)15(16,17)18/h2-9,19H,10H2,1H3. The predicted molar refractivity (Wildman–Crippen MR) is 78.5 cm³/mol. The van der Waals surface area contributed by atoms with Crippen LogP contribution in [0.4, 0.5) is 13.2 Å². The third kappa shape index (κ3) is 4.23. The summed E-state index contributed by atoms with van der Waals surface area (Å²) in [6.07, 6.45) is -4.74. The molecule has 8 heteroatoms. The normalized spacial score (nSPS) is 12.2. The predicted octanol–water partition coefficient (Wildman–Crippen LogP) is 3.19. The Labute approximate surface area is 132 Å². The first-order valence-corrected chi connectivity index (χ1v) is 8.01. The Morgan fingerprint density at radius 1 is 1.04 bits per heavy atom. The number of nitrogens with one attached hydrogen (secondary N) is 1. The van der Waals surface area contributed by atoms with Crippen LogP contribution in [0.15, 0.2) is 53.4 Å². The number of alkyl halides is 3. The van der Waals surface area contributed by atoms with Gasteiger partial charge in [0.15, 0.2) is 0 Å². The Morgan fingerprint density at radius 3 is 2.22 bits per heavy atom. The Morgan fingerprint density at radius 2 is 1.65 bits per heavy atom. The largest absolute Gasteiger partial charge is 0.497 e. The zero-order valence-corrected chi connectivity index (χ0v) is 12.9. The maximum absolute atomic E-state index is 12.9. The smallest absolute Gasteiger partial charge is 0.417 e. The molecule has 124 valence electrons. The van der Waals surface area contributed by atoms with E-state index in [1.165, 1.54) is 13.2 Å². The van der Waals surface area contributed by atoms with Crippen molar-refractivity contribution in [3.63, 3.8) is 0 Å². The molecule has 0 atom stereocenters. The lowest BCUT2D eigenvalue weighted by Gasteiger charge is -2.13. The van der Waals surface area contributed by atoms with E-state index in [0.717, 1.165) is 18.2 Å². The second-order valence-electron chi connectivity index (χ2n) is 4.67. The third-order valence-corrected chi connectivity index (χ3v) is 4.57. The maximum atomic E-state index is 12.9. The summed E-state index contributed by atoms with van der Waals surface area (Å²) in [6.45, 7) is -0.126. The highest BCUT2D eigenvalue weighted by Gasteiger charge is 2.36. The molecule has 0 spiro atoms. The molecule has 0 saturated heterocycles. The van der Waals surface area contributed by atoms with Gasteiger partial charge < -0.3 is 4.74 Å². The zero-order chi connectivity index (χ0) is 17.1. The Hall–Kier alpha value is -2.06. The molecule has 2 aromatic carbocycles. The molecule has 0 heterocycles. The van der Waals surface area contributed by atoms with Gasteiger partial charge in [-0.3, -0.25) is 0 Å². The van der Waals surface area contributed by atoms with E-state index < -0.39 is 26.7 Å². The van der Waals surface area contributed by atoms with Gasteiger partial charge in [0, 0.05) is 6.54 Å². The summed E-state index contributed by atoms with van der Waals surface area (Å²) >= 11 is 0. The van der Waals surface area contributed by atoms with E-state index in [0.29, 0.717) is 11.3 Å². The summed E-state index contributed by atoms with van der Waals surface area (Å²) in [6, 6.07) is 10.6. The van der Waals surface area contributed by atoms with Crippen LogP contribution in [0.3, 0.4) is 0 Å². The van der Waals surface area contributed by atoms with Crippen LogP contribution in [0.25, 0.3) is 0 Å². The van der Waals surface area contributed by atoms with Crippen molar-refractivity contribution in [2.24, 2.45) is 0 Å². The van der Waals surface area contributed by atoms with Gasteiger partial charge in [0.25, 0.3) is 0 Å². The molecular weight excluding hydrogens is 331 g/mol. The van der Waals surface area contributed by atoms with Crippen LogP contribution in [0.5, 0.6) is 5.75 Å². The molecule has 0 saturated carbocycles. The number of rotatable bonds is 5. The van der Waals surface area contributed by atoms with Crippen molar-refractivity contribution in [1.82, 2.24) is 4.72 Å². The van der Waals surface area contributed by atoms with Crippen LogP contribution in [-0.4, -0.2) is 15.5 Å². The molecule has 0 fully saturated rings. The van der Waals surface area contributed by atoms with Crippen LogP contribution >= 0.6 is 0 Å². The summed E-state index contributed by atoms with van der Waals surface area (Å²) < 4.78 is 70.2. The molecule has 0 aliphatic rings. The van der Waals surface area contributed by atoms with Crippen LogP contribution in [0, 0.1) is 0 Å². The number of ether oxygens (including phenoxy) is 1. The molecule has 4 nitrogen and oxygen atoms in total. The molecule has 0 radical (unpaired) electrons. The molecule has 2 rings (SSSR count). The van der Waals surface area contributed by atoms with E-state index in [-0.39, 0.29) is 6.54 Å². The highest BCUT2D eigenvalue weighted by atomic mass is 32.2. The van der Waals surface area contributed by atoms with Crippen molar-refractivity contribution in [1.29, 1.82) is 0 Å². The second-order valence-corrected chi connectivity index (χ2v) is 6.40. The third-order valence-electron chi connectivity index (χ3n) is 3.11. The van der Waals surface area contributed by atoms with E-state index in [1.807, 2.05) is 0 Å². The minimum absolute atomic E-state index is 0.126. The molecule has 1 N–H and O–H groups in total. The number of hydrogen-bond acceptors (Lipinski definition) is 3. The Balaban J connectivity index is 2.22. The Bertz CT molecular complexity index is 771. The highest BCUT2D eigenvalue weighted by Crippen LogP contribution is 2.33. The van der Waals surface area contributed by atoms with Gasteiger partial charge in [0.05, 0.1) is 17.6 Å². The summed E-state index contributed by atoms with van der Waals surface area (Å²) in [7, 11) is -2.80.